The predicted octanol–water partition coefficient (Wildman–Crippen LogP) is 3.51. The SMILES string of the molecule is CCOc1ccc(C2(CNC(=NC)NCc3ccccc3OC)CCOCC2)cc1. The molecule has 1 fully saturated rings. The van der Waals surface area contributed by atoms with Crippen molar-refractivity contribution in [3.8, 4) is 11.5 Å². The van der Waals surface area contributed by atoms with Crippen LogP contribution in [0.1, 0.15) is 30.9 Å². The number of ether oxygens (including phenoxy) is 3. The van der Waals surface area contributed by atoms with E-state index in [1.54, 1.807) is 14.2 Å². The number of para-hydroxylation sites is 1. The van der Waals surface area contributed by atoms with Crippen molar-refractivity contribution >= 4 is 5.96 Å². The molecule has 3 rings (SSSR count). The Morgan fingerprint density at radius 1 is 1.07 bits per heavy atom. The summed E-state index contributed by atoms with van der Waals surface area (Å²) in [6.07, 6.45) is 1.94. The standard InChI is InChI=1S/C24H33N3O3/c1-4-30-21-11-9-20(10-12-21)24(13-15-29-16-14-24)18-27-23(25-2)26-17-19-7-5-6-8-22(19)28-3/h5-12H,4,13-18H2,1-3H3,(H2,25,26,27). The van der Waals surface area contributed by atoms with E-state index in [1.807, 2.05) is 25.1 Å². The molecule has 0 amide bonds. The van der Waals surface area contributed by atoms with Crippen LogP contribution in [0.2, 0.25) is 0 Å². The van der Waals surface area contributed by atoms with Crippen molar-refractivity contribution in [1.82, 2.24) is 10.6 Å². The molecule has 0 unspecified atom stereocenters. The molecular formula is C24H33N3O3. The first-order chi connectivity index (χ1) is 14.7. The summed E-state index contributed by atoms with van der Waals surface area (Å²) in [5.41, 5.74) is 2.41. The smallest absolute Gasteiger partial charge is 0.191 e. The summed E-state index contributed by atoms with van der Waals surface area (Å²) in [6.45, 7) is 5.64. The van der Waals surface area contributed by atoms with Gasteiger partial charge >= 0.3 is 0 Å². The third-order valence-electron chi connectivity index (χ3n) is 5.68. The Morgan fingerprint density at radius 2 is 1.80 bits per heavy atom. The highest BCUT2D eigenvalue weighted by Gasteiger charge is 2.34. The Kier molecular flexibility index (Phi) is 7.97. The molecule has 1 aliphatic heterocycles. The number of hydrogen-bond acceptors (Lipinski definition) is 4. The summed E-state index contributed by atoms with van der Waals surface area (Å²) < 4.78 is 16.7. The molecule has 1 saturated heterocycles. The van der Waals surface area contributed by atoms with E-state index in [0.717, 1.165) is 55.6 Å². The van der Waals surface area contributed by atoms with Crippen molar-refractivity contribution in [2.24, 2.45) is 4.99 Å². The molecule has 162 valence electrons. The molecule has 0 atom stereocenters. The number of nitrogens with one attached hydrogen (secondary N) is 2. The van der Waals surface area contributed by atoms with Crippen LogP contribution in [0.5, 0.6) is 11.5 Å². The van der Waals surface area contributed by atoms with E-state index >= 15 is 0 Å². The molecule has 0 bridgehead atoms. The molecule has 6 nitrogen and oxygen atoms in total. The Bertz CT molecular complexity index is 815. The fourth-order valence-corrected chi connectivity index (χ4v) is 3.90. The summed E-state index contributed by atoms with van der Waals surface area (Å²) in [5.74, 6) is 2.55. The van der Waals surface area contributed by atoms with Crippen LogP contribution in [-0.4, -0.2) is 46.5 Å². The molecular weight excluding hydrogens is 378 g/mol. The average Bonchev–Trinajstić information content (AvgIpc) is 2.80. The molecule has 0 radical (unpaired) electrons. The fourth-order valence-electron chi connectivity index (χ4n) is 3.90. The van der Waals surface area contributed by atoms with Crippen LogP contribution in [0.3, 0.4) is 0 Å². The molecule has 1 heterocycles. The lowest BCUT2D eigenvalue weighted by molar-refractivity contribution is 0.0513. The Balaban J connectivity index is 1.67. The molecule has 2 aromatic carbocycles. The van der Waals surface area contributed by atoms with Gasteiger partial charge in [0, 0.05) is 44.3 Å². The van der Waals surface area contributed by atoms with Crippen molar-refractivity contribution < 1.29 is 14.2 Å². The Morgan fingerprint density at radius 3 is 2.47 bits per heavy atom. The van der Waals surface area contributed by atoms with Gasteiger partial charge in [-0.15, -0.1) is 0 Å². The maximum absolute atomic E-state index is 5.66. The molecule has 0 aromatic heterocycles. The molecule has 1 aliphatic rings. The third-order valence-corrected chi connectivity index (χ3v) is 5.68. The number of methoxy groups -OCH3 is 1. The minimum absolute atomic E-state index is 0.00501. The van der Waals surface area contributed by atoms with E-state index in [2.05, 4.69) is 46.0 Å². The van der Waals surface area contributed by atoms with Gasteiger partial charge in [0.05, 0.1) is 13.7 Å². The van der Waals surface area contributed by atoms with Gasteiger partial charge in [-0.05, 0) is 43.5 Å². The number of benzene rings is 2. The zero-order chi connectivity index (χ0) is 21.2. The highest BCUT2D eigenvalue weighted by Crippen LogP contribution is 2.35. The monoisotopic (exact) mass is 411 g/mol. The van der Waals surface area contributed by atoms with Gasteiger partial charge in [-0.25, -0.2) is 0 Å². The van der Waals surface area contributed by atoms with E-state index in [9.17, 15) is 0 Å². The van der Waals surface area contributed by atoms with Crippen molar-refractivity contribution in [2.75, 3.05) is 40.5 Å². The fraction of sp³-hybridized carbons (Fsp3) is 0.458. The topological polar surface area (TPSA) is 64.1 Å². The van der Waals surface area contributed by atoms with Gasteiger partial charge in [-0.1, -0.05) is 30.3 Å². The molecule has 0 spiro atoms. The number of hydrogen-bond donors (Lipinski definition) is 2. The number of nitrogens with zero attached hydrogens (tertiary/aromatic N) is 1. The Hall–Kier alpha value is -2.73. The van der Waals surface area contributed by atoms with Crippen LogP contribution >= 0.6 is 0 Å². The van der Waals surface area contributed by atoms with Crippen molar-refractivity contribution in [1.29, 1.82) is 0 Å². The third kappa shape index (κ3) is 5.45. The second kappa shape index (κ2) is 10.9. The van der Waals surface area contributed by atoms with Crippen LogP contribution in [-0.2, 0) is 16.7 Å². The van der Waals surface area contributed by atoms with Gasteiger partial charge in [0.25, 0.3) is 0 Å². The first kappa shape index (κ1) is 22.0. The molecule has 0 aliphatic carbocycles. The highest BCUT2D eigenvalue weighted by molar-refractivity contribution is 5.79. The van der Waals surface area contributed by atoms with Crippen LogP contribution in [0.15, 0.2) is 53.5 Å². The minimum atomic E-state index is 0.00501. The van der Waals surface area contributed by atoms with Crippen LogP contribution in [0.25, 0.3) is 0 Å². The molecule has 2 N–H and O–H groups in total. The number of aliphatic imine (C=N–C) groups is 1. The van der Waals surface area contributed by atoms with E-state index in [0.29, 0.717) is 13.2 Å². The van der Waals surface area contributed by atoms with Gasteiger partial charge < -0.3 is 24.8 Å². The average molecular weight is 412 g/mol. The molecule has 2 aromatic rings. The Labute approximate surface area is 179 Å². The first-order valence-electron chi connectivity index (χ1n) is 10.6. The minimum Gasteiger partial charge on any atom is -0.496 e. The van der Waals surface area contributed by atoms with E-state index in [-0.39, 0.29) is 5.41 Å². The lowest BCUT2D eigenvalue weighted by Crippen LogP contribution is -2.47. The van der Waals surface area contributed by atoms with Crippen molar-refractivity contribution in [2.45, 2.75) is 31.7 Å². The van der Waals surface area contributed by atoms with E-state index in [4.69, 9.17) is 14.2 Å². The van der Waals surface area contributed by atoms with Gasteiger partial charge in [-0.3, -0.25) is 4.99 Å². The summed E-state index contributed by atoms with van der Waals surface area (Å²) in [5, 5.41) is 6.94. The zero-order valence-electron chi connectivity index (χ0n) is 18.2. The maximum Gasteiger partial charge on any atom is 0.191 e. The quantitative estimate of drug-likeness (QED) is 0.514. The van der Waals surface area contributed by atoms with E-state index < -0.39 is 0 Å². The van der Waals surface area contributed by atoms with Crippen molar-refractivity contribution in [3.63, 3.8) is 0 Å². The van der Waals surface area contributed by atoms with Crippen LogP contribution in [0.4, 0.5) is 0 Å². The van der Waals surface area contributed by atoms with Gasteiger partial charge in [0.2, 0.25) is 0 Å². The largest absolute Gasteiger partial charge is 0.496 e. The summed E-state index contributed by atoms with van der Waals surface area (Å²) >= 11 is 0. The zero-order valence-corrected chi connectivity index (χ0v) is 18.2. The normalized spacial score (nSPS) is 16.0. The first-order valence-corrected chi connectivity index (χ1v) is 10.6. The van der Waals surface area contributed by atoms with Gasteiger partial charge in [0.1, 0.15) is 11.5 Å². The van der Waals surface area contributed by atoms with Gasteiger partial charge in [-0.2, -0.15) is 0 Å². The maximum atomic E-state index is 5.66. The second-order valence-corrected chi connectivity index (χ2v) is 7.44. The van der Waals surface area contributed by atoms with Crippen LogP contribution < -0.4 is 20.1 Å². The summed E-state index contributed by atoms with van der Waals surface area (Å²) in [6, 6.07) is 16.5. The second-order valence-electron chi connectivity index (χ2n) is 7.44. The van der Waals surface area contributed by atoms with E-state index in [1.165, 1.54) is 5.56 Å². The highest BCUT2D eigenvalue weighted by atomic mass is 16.5. The molecule has 30 heavy (non-hydrogen) atoms. The number of guanidine groups is 1. The number of rotatable bonds is 8. The predicted molar refractivity (Wildman–Crippen MR) is 121 cm³/mol. The van der Waals surface area contributed by atoms with Gasteiger partial charge in [0.15, 0.2) is 5.96 Å². The molecule has 6 heteroatoms. The summed E-state index contributed by atoms with van der Waals surface area (Å²) in [4.78, 5) is 4.41. The van der Waals surface area contributed by atoms with Crippen molar-refractivity contribution in [3.05, 3.63) is 59.7 Å². The lowest BCUT2D eigenvalue weighted by atomic mass is 9.74. The van der Waals surface area contributed by atoms with Crippen LogP contribution in [0, 0.1) is 0 Å². The molecule has 0 saturated carbocycles. The lowest BCUT2D eigenvalue weighted by Gasteiger charge is -2.38. The summed E-state index contributed by atoms with van der Waals surface area (Å²) in [7, 11) is 3.49.